The number of methoxy groups -OCH3 is 1. The fourth-order valence-corrected chi connectivity index (χ4v) is 2.80. The first-order valence-electron chi connectivity index (χ1n) is 7.83. The van der Waals surface area contributed by atoms with Gasteiger partial charge in [-0.25, -0.2) is 4.79 Å². The molecule has 1 saturated carbocycles. The van der Waals surface area contributed by atoms with Crippen LogP contribution in [0.3, 0.4) is 0 Å². The van der Waals surface area contributed by atoms with Crippen molar-refractivity contribution in [2.45, 2.75) is 24.4 Å². The van der Waals surface area contributed by atoms with E-state index in [0.717, 1.165) is 24.1 Å². The van der Waals surface area contributed by atoms with Crippen molar-refractivity contribution in [3.63, 3.8) is 0 Å². The Bertz CT molecular complexity index is 676. The van der Waals surface area contributed by atoms with Crippen molar-refractivity contribution in [2.24, 2.45) is 0 Å². The Morgan fingerprint density at radius 1 is 1.46 bits per heavy atom. The number of hydrogen-bond donors (Lipinski definition) is 1. The van der Waals surface area contributed by atoms with E-state index in [1.54, 1.807) is 0 Å². The molecule has 2 fully saturated rings. The summed E-state index contributed by atoms with van der Waals surface area (Å²) in [6, 6.07) is 9.81. The molecule has 0 spiro atoms. The first-order valence-corrected chi connectivity index (χ1v) is 7.83. The average Bonchev–Trinajstić information content (AvgIpc) is 3.30. The zero-order valence-corrected chi connectivity index (χ0v) is 13.4. The maximum atomic E-state index is 12.0. The number of cyclic esters (lactones) is 1. The molecule has 126 valence electrons. The van der Waals surface area contributed by atoms with Crippen LogP contribution in [-0.4, -0.2) is 44.9 Å². The molecular formula is C17H19N3O4. The van der Waals surface area contributed by atoms with E-state index in [-0.39, 0.29) is 24.5 Å². The zero-order chi connectivity index (χ0) is 17.2. The lowest BCUT2D eigenvalue weighted by Crippen LogP contribution is -2.36. The Balaban J connectivity index is 1.60. The van der Waals surface area contributed by atoms with Gasteiger partial charge in [-0.1, -0.05) is 12.1 Å². The fourth-order valence-electron chi connectivity index (χ4n) is 2.80. The standard InChI is InChI=1S/C17H19N3O4/c1-23-10-15(21)19-8-14-9-20(16(22)24-14)13-4-2-12(3-5-13)17(11-18)6-7-17/h2-5,14H,6-10H2,1H3,(H,19,21)/t14-/m0/s1. The van der Waals surface area contributed by atoms with Gasteiger partial charge in [-0.05, 0) is 30.5 Å². The molecule has 0 bridgehead atoms. The highest BCUT2D eigenvalue weighted by Gasteiger charge is 2.44. The smallest absolute Gasteiger partial charge is 0.414 e. The van der Waals surface area contributed by atoms with E-state index < -0.39 is 12.2 Å². The molecule has 0 unspecified atom stereocenters. The van der Waals surface area contributed by atoms with Crippen LogP contribution in [0.5, 0.6) is 0 Å². The molecule has 2 aliphatic rings. The lowest BCUT2D eigenvalue weighted by atomic mass is 9.97. The lowest BCUT2D eigenvalue weighted by molar-refractivity contribution is -0.125. The van der Waals surface area contributed by atoms with E-state index >= 15 is 0 Å². The van der Waals surface area contributed by atoms with Gasteiger partial charge in [0.15, 0.2) is 0 Å². The second-order valence-electron chi connectivity index (χ2n) is 6.09. The van der Waals surface area contributed by atoms with Gasteiger partial charge in [0.1, 0.15) is 12.7 Å². The summed E-state index contributed by atoms with van der Waals surface area (Å²) in [6.45, 7) is 0.599. The third-order valence-corrected chi connectivity index (χ3v) is 4.37. The second kappa shape index (κ2) is 6.49. The highest BCUT2D eigenvalue weighted by atomic mass is 16.6. The van der Waals surface area contributed by atoms with Gasteiger partial charge in [0, 0.05) is 12.8 Å². The number of nitrogens with one attached hydrogen (secondary N) is 1. The largest absolute Gasteiger partial charge is 0.442 e. The van der Waals surface area contributed by atoms with Crippen molar-refractivity contribution in [1.82, 2.24) is 5.32 Å². The van der Waals surface area contributed by atoms with E-state index in [1.807, 2.05) is 24.3 Å². The molecule has 1 saturated heterocycles. The maximum absolute atomic E-state index is 12.0. The number of carbonyl (C=O) groups excluding carboxylic acids is 2. The summed E-state index contributed by atoms with van der Waals surface area (Å²) in [5.41, 5.74) is 1.38. The molecule has 2 amide bonds. The number of rotatable bonds is 6. The normalized spacial score (nSPS) is 21.1. The predicted octanol–water partition coefficient (Wildman–Crippen LogP) is 1.33. The van der Waals surface area contributed by atoms with Crippen LogP contribution in [0.2, 0.25) is 0 Å². The number of ether oxygens (including phenoxy) is 2. The molecule has 1 aromatic carbocycles. The summed E-state index contributed by atoms with van der Waals surface area (Å²) in [5, 5.41) is 11.9. The van der Waals surface area contributed by atoms with E-state index in [0.29, 0.717) is 6.54 Å². The van der Waals surface area contributed by atoms with Gasteiger partial charge >= 0.3 is 6.09 Å². The summed E-state index contributed by atoms with van der Waals surface area (Å²) in [7, 11) is 1.44. The van der Waals surface area contributed by atoms with Gasteiger partial charge in [-0.15, -0.1) is 0 Å². The van der Waals surface area contributed by atoms with E-state index in [1.165, 1.54) is 12.0 Å². The monoisotopic (exact) mass is 329 g/mol. The predicted molar refractivity (Wildman–Crippen MR) is 85.5 cm³/mol. The van der Waals surface area contributed by atoms with Crippen molar-refractivity contribution in [1.29, 1.82) is 5.26 Å². The average molecular weight is 329 g/mol. The summed E-state index contributed by atoms with van der Waals surface area (Å²) in [6.07, 6.45) is 0.942. The van der Waals surface area contributed by atoms with Crippen LogP contribution in [0.25, 0.3) is 0 Å². The Kier molecular flexibility index (Phi) is 4.40. The Morgan fingerprint density at radius 2 is 2.17 bits per heavy atom. The van der Waals surface area contributed by atoms with Crippen molar-refractivity contribution >= 4 is 17.7 Å². The highest BCUT2D eigenvalue weighted by molar-refractivity contribution is 5.89. The van der Waals surface area contributed by atoms with Gasteiger partial charge in [0.25, 0.3) is 0 Å². The Morgan fingerprint density at radius 3 is 2.75 bits per heavy atom. The van der Waals surface area contributed by atoms with Crippen molar-refractivity contribution in [3.8, 4) is 6.07 Å². The van der Waals surface area contributed by atoms with Crippen LogP contribution in [0.4, 0.5) is 10.5 Å². The first kappa shape index (κ1) is 16.3. The van der Waals surface area contributed by atoms with Gasteiger partial charge in [0.2, 0.25) is 5.91 Å². The number of carbonyl (C=O) groups is 2. The van der Waals surface area contributed by atoms with Crippen LogP contribution in [0, 0.1) is 11.3 Å². The summed E-state index contributed by atoms with van der Waals surface area (Å²) >= 11 is 0. The second-order valence-corrected chi connectivity index (χ2v) is 6.09. The van der Waals surface area contributed by atoms with E-state index in [9.17, 15) is 14.9 Å². The summed E-state index contributed by atoms with van der Waals surface area (Å²) < 4.78 is 10.00. The van der Waals surface area contributed by atoms with Crippen LogP contribution in [-0.2, 0) is 19.7 Å². The van der Waals surface area contributed by atoms with Gasteiger partial charge in [-0.2, -0.15) is 5.26 Å². The van der Waals surface area contributed by atoms with Crippen LogP contribution >= 0.6 is 0 Å². The van der Waals surface area contributed by atoms with Gasteiger partial charge in [-0.3, -0.25) is 9.69 Å². The number of nitrogens with zero attached hydrogens (tertiary/aromatic N) is 2. The molecular weight excluding hydrogens is 310 g/mol. The lowest BCUT2D eigenvalue weighted by Gasteiger charge is -2.14. The summed E-state index contributed by atoms with van der Waals surface area (Å²) in [4.78, 5) is 24.9. The number of hydrogen-bond acceptors (Lipinski definition) is 5. The van der Waals surface area contributed by atoms with Gasteiger partial charge < -0.3 is 14.8 Å². The summed E-state index contributed by atoms with van der Waals surface area (Å²) in [5.74, 6) is -0.248. The minimum Gasteiger partial charge on any atom is -0.442 e. The molecule has 7 heteroatoms. The Labute approximate surface area is 140 Å². The number of nitriles is 1. The molecule has 1 atom stereocenters. The van der Waals surface area contributed by atoms with Crippen LogP contribution in [0.1, 0.15) is 18.4 Å². The quantitative estimate of drug-likeness (QED) is 0.850. The SMILES string of the molecule is COCC(=O)NC[C@H]1CN(c2ccc(C3(C#N)CC3)cc2)C(=O)O1. The molecule has 1 aromatic rings. The minimum atomic E-state index is -0.435. The van der Waals surface area contributed by atoms with Crippen molar-refractivity contribution < 1.29 is 19.1 Å². The van der Waals surface area contributed by atoms with Crippen LogP contribution < -0.4 is 10.2 Å². The van der Waals surface area contributed by atoms with Gasteiger partial charge in [0.05, 0.1) is 24.6 Å². The number of amides is 2. The molecule has 24 heavy (non-hydrogen) atoms. The van der Waals surface area contributed by atoms with Crippen molar-refractivity contribution in [2.75, 3.05) is 31.7 Å². The Hall–Kier alpha value is -2.59. The third kappa shape index (κ3) is 3.19. The maximum Gasteiger partial charge on any atom is 0.414 e. The number of benzene rings is 1. The van der Waals surface area contributed by atoms with E-state index in [2.05, 4.69) is 11.4 Å². The molecule has 1 aliphatic heterocycles. The molecule has 1 aliphatic carbocycles. The zero-order valence-electron chi connectivity index (χ0n) is 13.4. The molecule has 3 rings (SSSR count). The molecule has 1 N–H and O–H groups in total. The topological polar surface area (TPSA) is 91.7 Å². The van der Waals surface area contributed by atoms with Crippen LogP contribution in [0.15, 0.2) is 24.3 Å². The molecule has 0 radical (unpaired) electrons. The van der Waals surface area contributed by atoms with E-state index in [4.69, 9.17) is 9.47 Å². The molecule has 7 nitrogen and oxygen atoms in total. The first-order chi connectivity index (χ1) is 11.6. The fraction of sp³-hybridized carbons (Fsp3) is 0.471. The molecule has 1 heterocycles. The third-order valence-electron chi connectivity index (χ3n) is 4.37. The molecule has 0 aromatic heterocycles. The van der Waals surface area contributed by atoms with Crippen molar-refractivity contribution in [3.05, 3.63) is 29.8 Å². The minimum absolute atomic E-state index is 0.0213. The number of anilines is 1. The highest BCUT2D eigenvalue weighted by Crippen LogP contribution is 2.47.